The summed E-state index contributed by atoms with van der Waals surface area (Å²) >= 11 is 0. The lowest BCUT2D eigenvalue weighted by atomic mass is 9.85. The van der Waals surface area contributed by atoms with Crippen molar-refractivity contribution in [2.45, 2.75) is 26.2 Å². The summed E-state index contributed by atoms with van der Waals surface area (Å²) in [6.45, 7) is 6.42. The molecule has 88 valence electrons. The van der Waals surface area contributed by atoms with Crippen molar-refractivity contribution in [1.29, 1.82) is 5.26 Å². The Morgan fingerprint density at radius 2 is 2.06 bits per heavy atom. The largest absolute Gasteiger partial charge is 0.303 e. The molecule has 5 heteroatoms. The van der Waals surface area contributed by atoms with E-state index in [0.29, 0.717) is 5.56 Å². The molecule has 1 aliphatic rings. The summed E-state index contributed by atoms with van der Waals surface area (Å²) in [5.74, 6) is 0.836. The van der Waals surface area contributed by atoms with Crippen LogP contribution in [0.25, 0.3) is 0 Å². The monoisotopic (exact) mass is 263 g/mol. The lowest BCUT2D eigenvalue weighted by Gasteiger charge is -2.20. The van der Waals surface area contributed by atoms with Gasteiger partial charge < -0.3 is 4.72 Å². The first-order valence-corrected chi connectivity index (χ1v) is 7.34. The Hall–Kier alpha value is -1.12. The lowest BCUT2D eigenvalue weighted by Crippen LogP contribution is -2.16. The molecule has 0 aliphatic carbocycles. The highest BCUT2D eigenvalue weighted by molar-refractivity contribution is 8.76. The molecule has 0 amide bonds. The zero-order chi connectivity index (χ0) is 12.5. The number of rotatable bonds is 1. The van der Waals surface area contributed by atoms with Crippen molar-refractivity contribution in [2.24, 2.45) is 4.40 Å². The van der Waals surface area contributed by atoms with Crippen LogP contribution in [0.5, 0.6) is 0 Å². The average Bonchev–Trinajstić information content (AvgIpc) is 2.80. The van der Waals surface area contributed by atoms with Crippen molar-refractivity contribution in [3.05, 3.63) is 34.9 Å². The van der Waals surface area contributed by atoms with E-state index in [1.807, 2.05) is 12.1 Å². The number of nitrogens with one attached hydrogen (secondary N) is 1. The van der Waals surface area contributed by atoms with Gasteiger partial charge in [0.25, 0.3) is 0 Å². The van der Waals surface area contributed by atoms with E-state index in [0.717, 1.165) is 17.0 Å². The van der Waals surface area contributed by atoms with Crippen molar-refractivity contribution in [2.75, 3.05) is 0 Å². The van der Waals surface area contributed by atoms with Crippen molar-refractivity contribution < 1.29 is 0 Å². The molecule has 0 unspecified atom stereocenters. The summed E-state index contributed by atoms with van der Waals surface area (Å²) in [7, 11) is 2.90. The molecule has 17 heavy (non-hydrogen) atoms. The Labute approximate surface area is 109 Å². The van der Waals surface area contributed by atoms with Crippen LogP contribution in [0.4, 0.5) is 0 Å². The molecule has 0 aromatic heterocycles. The SMILES string of the molecule is CC(C)(C)c1cc(C#N)cc(C2=NSSN2)c1. The van der Waals surface area contributed by atoms with Gasteiger partial charge in [0.1, 0.15) is 0 Å². The van der Waals surface area contributed by atoms with Crippen molar-refractivity contribution >= 4 is 27.8 Å². The van der Waals surface area contributed by atoms with E-state index < -0.39 is 0 Å². The first-order chi connectivity index (χ1) is 8.00. The van der Waals surface area contributed by atoms with Gasteiger partial charge in [0, 0.05) is 16.5 Å². The summed E-state index contributed by atoms with van der Waals surface area (Å²) in [5.41, 5.74) is 2.84. The van der Waals surface area contributed by atoms with Gasteiger partial charge in [0.15, 0.2) is 5.84 Å². The van der Waals surface area contributed by atoms with E-state index in [9.17, 15) is 0 Å². The molecular formula is C12H13N3S2. The quantitative estimate of drug-likeness (QED) is 0.623. The fourth-order valence-electron chi connectivity index (χ4n) is 1.51. The van der Waals surface area contributed by atoms with Gasteiger partial charge in [-0.2, -0.15) is 9.66 Å². The second-order valence-corrected chi connectivity index (χ2v) is 6.51. The number of hydrogen-bond acceptors (Lipinski definition) is 5. The first kappa shape index (κ1) is 12.3. The lowest BCUT2D eigenvalue weighted by molar-refractivity contribution is 0.590. The first-order valence-electron chi connectivity index (χ1n) is 5.23. The summed E-state index contributed by atoms with van der Waals surface area (Å²) in [5, 5.41) is 9.07. The van der Waals surface area contributed by atoms with Gasteiger partial charge in [0.05, 0.1) is 22.6 Å². The maximum absolute atomic E-state index is 9.07. The Balaban J connectivity index is 2.50. The third-order valence-electron chi connectivity index (χ3n) is 2.51. The van der Waals surface area contributed by atoms with E-state index in [1.165, 1.54) is 22.0 Å². The second-order valence-electron chi connectivity index (χ2n) is 4.86. The van der Waals surface area contributed by atoms with Crippen LogP contribution in [0.15, 0.2) is 22.6 Å². The molecule has 3 nitrogen and oxygen atoms in total. The molecule has 2 rings (SSSR count). The van der Waals surface area contributed by atoms with E-state index in [4.69, 9.17) is 5.26 Å². The minimum absolute atomic E-state index is 0.0288. The summed E-state index contributed by atoms with van der Waals surface area (Å²) in [6.07, 6.45) is 0. The topological polar surface area (TPSA) is 48.2 Å². The number of amidine groups is 1. The molecule has 1 heterocycles. The van der Waals surface area contributed by atoms with Gasteiger partial charge in [-0.05, 0) is 29.2 Å². The van der Waals surface area contributed by atoms with Crippen molar-refractivity contribution in [3.8, 4) is 6.07 Å². The van der Waals surface area contributed by atoms with Crippen LogP contribution < -0.4 is 4.72 Å². The van der Waals surface area contributed by atoms with Gasteiger partial charge in [-0.1, -0.05) is 20.8 Å². The van der Waals surface area contributed by atoms with Gasteiger partial charge >= 0.3 is 0 Å². The molecule has 0 saturated heterocycles. The van der Waals surface area contributed by atoms with Crippen LogP contribution in [0, 0.1) is 11.3 Å². The standard InChI is InChI=1S/C12H13N3S2/c1-12(2,3)10-5-8(7-13)4-9(6-10)11-14-16-17-15-11/h4-6H,1-3H3,(H,14,15). The Bertz CT molecular complexity index is 509. The molecule has 1 aromatic rings. The van der Waals surface area contributed by atoms with Gasteiger partial charge in [-0.15, -0.1) is 0 Å². The zero-order valence-corrected chi connectivity index (χ0v) is 11.6. The highest BCUT2D eigenvalue weighted by Crippen LogP contribution is 2.29. The van der Waals surface area contributed by atoms with E-state index in [2.05, 4.69) is 42.0 Å². The van der Waals surface area contributed by atoms with E-state index in [-0.39, 0.29) is 5.41 Å². The third-order valence-corrected chi connectivity index (χ3v) is 3.81. The summed E-state index contributed by atoms with van der Waals surface area (Å²) in [6, 6.07) is 8.12. The van der Waals surface area contributed by atoms with Crippen molar-refractivity contribution in [3.63, 3.8) is 0 Å². The fraction of sp³-hybridized carbons (Fsp3) is 0.333. The summed E-state index contributed by atoms with van der Waals surface area (Å²) < 4.78 is 7.40. The molecule has 1 aliphatic heterocycles. The number of nitriles is 1. The Kier molecular flexibility index (Phi) is 3.36. The zero-order valence-electron chi connectivity index (χ0n) is 9.94. The van der Waals surface area contributed by atoms with Crippen LogP contribution in [0.3, 0.4) is 0 Å². The van der Waals surface area contributed by atoms with Crippen LogP contribution in [0.1, 0.15) is 37.5 Å². The number of nitrogens with zero attached hydrogens (tertiary/aromatic N) is 2. The predicted molar refractivity (Wildman–Crippen MR) is 74.7 cm³/mol. The maximum atomic E-state index is 9.07. The molecule has 1 N–H and O–H groups in total. The molecule has 0 bridgehead atoms. The molecule has 0 saturated carbocycles. The molecule has 0 radical (unpaired) electrons. The van der Waals surface area contributed by atoms with Gasteiger partial charge in [-0.3, -0.25) is 0 Å². The fourth-order valence-corrected chi connectivity index (χ4v) is 2.79. The van der Waals surface area contributed by atoms with Crippen LogP contribution in [-0.2, 0) is 5.41 Å². The number of hydrogen-bond donors (Lipinski definition) is 1. The summed E-state index contributed by atoms with van der Waals surface area (Å²) in [4.78, 5) is 0. The minimum atomic E-state index is 0.0288. The molecule has 0 spiro atoms. The maximum Gasteiger partial charge on any atom is 0.153 e. The Morgan fingerprint density at radius 1 is 1.29 bits per heavy atom. The smallest absolute Gasteiger partial charge is 0.153 e. The Morgan fingerprint density at radius 3 is 2.59 bits per heavy atom. The highest BCUT2D eigenvalue weighted by Gasteiger charge is 2.18. The van der Waals surface area contributed by atoms with Crippen LogP contribution in [0.2, 0.25) is 0 Å². The second kappa shape index (κ2) is 4.63. The van der Waals surface area contributed by atoms with Gasteiger partial charge in [-0.25, -0.2) is 0 Å². The molecule has 0 atom stereocenters. The minimum Gasteiger partial charge on any atom is -0.303 e. The number of benzene rings is 1. The van der Waals surface area contributed by atoms with Crippen LogP contribution >= 0.6 is 22.0 Å². The molecular weight excluding hydrogens is 250 g/mol. The highest BCUT2D eigenvalue weighted by atomic mass is 33.1. The average molecular weight is 263 g/mol. The predicted octanol–water partition coefficient (Wildman–Crippen LogP) is 3.42. The van der Waals surface area contributed by atoms with Crippen LogP contribution in [-0.4, -0.2) is 5.84 Å². The van der Waals surface area contributed by atoms with E-state index in [1.54, 1.807) is 0 Å². The normalized spacial score (nSPS) is 15.1. The third kappa shape index (κ3) is 2.76. The molecule has 0 fully saturated rings. The van der Waals surface area contributed by atoms with Crippen molar-refractivity contribution in [1.82, 2.24) is 4.72 Å². The van der Waals surface area contributed by atoms with Gasteiger partial charge in [0.2, 0.25) is 0 Å². The van der Waals surface area contributed by atoms with E-state index >= 15 is 0 Å². The molecule has 1 aromatic carbocycles.